The summed E-state index contributed by atoms with van der Waals surface area (Å²) in [5, 5.41) is 14.0. The quantitative estimate of drug-likeness (QED) is 0.0703. The van der Waals surface area contributed by atoms with E-state index in [-0.39, 0.29) is 35.4 Å². The van der Waals surface area contributed by atoms with Gasteiger partial charge in [-0.2, -0.15) is 0 Å². The van der Waals surface area contributed by atoms with Gasteiger partial charge < -0.3 is 44.7 Å². The standard InChI is InChI=1S/C14H20N2.2C12H14N2O.C10H8ClNO.C10H9NO2/c1-14(2,16(3)4)9-11-10-15-13-8-6-5-7-12(11)13;2*1-14(2)12(15)7-9-8-13-11-6-4-3-5-10(9)11;11-10(13)5-7-6-12-9-4-2-1-3-8(7)9;12-10(13)5-7-6-11-9-4-2-1-3-8(7)9/h5-8,10,15H,9H2,1-4H3;2*3-6,8,13H,7H2,1-2H3;1-4,6,12H,5H2;1-4,6,11H,5H2,(H,12,13). The normalized spacial score (nSPS) is 11.0. The van der Waals surface area contributed by atoms with Crippen LogP contribution in [0.2, 0.25) is 0 Å². The van der Waals surface area contributed by atoms with Gasteiger partial charge in [0.1, 0.15) is 0 Å². The topological polar surface area (TPSA) is 177 Å². The van der Waals surface area contributed by atoms with E-state index in [1.165, 1.54) is 16.5 Å². The molecule has 10 aromatic rings. The van der Waals surface area contributed by atoms with Crippen LogP contribution in [0.3, 0.4) is 0 Å². The molecule has 0 atom stereocenters. The van der Waals surface area contributed by atoms with Gasteiger partial charge in [0.25, 0.3) is 0 Å². The van der Waals surface area contributed by atoms with Crippen molar-refractivity contribution >= 4 is 89.1 Å². The zero-order chi connectivity index (χ0) is 52.0. The molecule has 5 aromatic heterocycles. The van der Waals surface area contributed by atoms with E-state index in [0.717, 1.165) is 72.3 Å². The lowest BCUT2D eigenvalue weighted by Gasteiger charge is -2.32. The number of carboxylic acid groups (broad SMARTS) is 1. The van der Waals surface area contributed by atoms with Gasteiger partial charge in [0, 0.05) is 126 Å². The van der Waals surface area contributed by atoms with Crippen molar-refractivity contribution in [1.29, 1.82) is 0 Å². The van der Waals surface area contributed by atoms with Gasteiger partial charge in [-0.1, -0.05) is 91.0 Å². The minimum Gasteiger partial charge on any atom is -0.481 e. The van der Waals surface area contributed by atoms with Gasteiger partial charge in [0.05, 0.1) is 19.3 Å². The number of benzene rings is 5. The molecule has 0 aliphatic heterocycles. The number of likely N-dealkylation sites (N-methyl/N-ethyl adjacent to an activating group) is 3. The van der Waals surface area contributed by atoms with Crippen LogP contribution in [0.25, 0.3) is 54.5 Å². The predicted octanol–water partition coefficient (Wildman–Crippen LogP) is 10.9. The Morgan fingerprint density at radius 1 is 0.431 bits per heavy atom. The van der Waals surface area contributed by atoms with Crippen LogP contribution in [0.1, 0.15) is 41.7 Å². The molecule has 0 unspecified atom stereocenters. The second-order valence-corrected chi connectivity index (χ2v) is 19.1. The number of hydrogen-bond acceptors (Lipinski definition) is 5. The summed E-state index contributed by atoms with van der Waals surface area (Å²) in [5.74, 6) is -0.552. The van der Waals surface area contributed by atoms with Crippen molar-refractivity contribution in [3.63, 3.8) is 0 Å². The fourth-order valence-corrected chi connectivity index (χ4v) is 8.11. The molecular weight excluding hydrogens is 924 g/mol. The number of aromatic nitrogens is 5. The molecular formula is C58H65ClN8O5. The van der Waals surface area contributed by atoms with Crippen molar-refractivity contribution in [2.24, 2.45) is 0 Å². The van der Waals surface area contributed by atoms with Crippen molar-refractivity contribution in [3.8, 4) is 0 Å². The van der Waals surface area contributed by atoms with Gasteiger partial charge in [-0.25, -0.2) is 0 Å². The minimum absolute atomic E-state index is 0.0734. The SMILES string of the molecule is CN(C)C(=O)Cc1c[nH]c2ccccc12.CN(C)C(=O)Cc1c[nH]c2ccccc12.CN(C)C(C)(C)Cc1c[nH]c2ccccc12.O=C(Cl)Cc1c[nH]c2ccccc12.O=C(O)Cc1c[nH]c2ccccc12. The van der Waals surface area contributed by atoms with Crippen molar-refractivity contribution in [1.82, 2.24) is 39.6 Å². The summed E-state index contributed by atoms with van der Waals surface area (Å²) in [4.78, 5) is 65.6. The summed E-state index contributed by atoms with van der Waals surface area (Å²) in [5.41, 5.74) is 10.9. The number of H-pyrrole nitrogens is 5. The van der Waals surface area contributed by atoms with Crippen LogP contribution in [0.4, 0.5) is 0 Å². The van der Waals surface area contributed by atoms with Gasteiger partial charge >= 0.3 is 5.97 Å². The average Bonchev–Trinajstić information content (AvgIpc) is 4.22. The number of nitrogens with zero attached hydrogens (tertiary/aromatic N) is 3. The fraction of sp³-hybridized carbons (Fsp3) is 0.241. The molecule has 0 spiro atoms. The summed E-state index contributed by atoms with van der Waals surface area (Å²) in [6.07, 6.45) is 11.9. The van der Waals surface area contributed by atoms with Gasteiger partial charge in [-0.15, -0.1) is 0 Å². The number of para-hydroxylation sites is 5. The maximum absolute atomic E-state index is 11.6. The summed E-state index contributed by atoms with van der Waals surface area (Å²) in [6, 6.07) is 40.0. The van der Waals surface area contributed by atoms with E-state index in [1.54, 1.807) is 44.2 Å². The third-order valence-electron chi connectivity index (χ3n) is 12.6. The van der Waals surface area contributed by atoms with E-state index >= 15 is 0 Å². The van der Waals surface area contributed by atoms with Gasteiger partial charge in [-0.3, -0.25) is 19.2 Å². The van der Waals surface area contributed by atoms with Crippen molar-refractivity contribution in [2.75, 3.05) is 42.3 Å². The number of carbonyl (C=O) groups is 4. The smallest absolute Gasteiger partial charge is 0.307 e. The molecule has 5 aromatic carbocycles. The van der Waals surface area contributed by atoms with E-state index in [0.29, 0.717) is 12.8 Å². The lowest BCUT2D eigenvalue weighted by molar-refractivity contribution is -0.136. The summed E-state index contributed by atoms with van der Waals surface area (Å²) < 4.78 is 0. The first-order valence-corrected chi connectivity index (χ1v) is 24.0. The van der Waals surface area contributed by atoms with Crippen molar-refractivity contribution < 1.29 is 24.3 Å². The largest absolute Gasteiger partial charge is 0.481 e. The molecule has 0 saturated carbocycles. The summed E-state index contributed by atoms with van der Waals surface area (Å²) in [7, 11) is 11.4. The maximum Gasteiger partial charge on any atom is 0.307 e. The molecule has 72 heavy (non-hydrogen) atoms. The summed E-state index contributed by atoms with van der Waals surface area (Å²) >= 11 is 5.32. The second-order valence-electron chi connectivity index (χ2n) is 18.7. The molecule has 0 saturated heterocycles. The van der Waals surface area contributed by atoms with Crippen LogP contribution in [-0.4, -0.2) is 116 Å². The molecule has 13 nitrogen and oxygen atoms in total. The Morgan fingerprint density at radius 3 is 0.972 bits per heavy atom. The first kappa shape index (κ1) is 53.5. The first-order valence-electron chi connectivity index (χ1n) is 23.6. The number of amides is 2. The van der Waals surface area contributed by atoms with Gasteiger partial charge in [0.15, 0.2) is 0 Å². The average molecular weight is 990 g/mol. The Morgan fingerprint density at radius 2 is 0.694 bits per heavy atom. The highest BCUT2D eigenvalue weighted by Crippen LogP contribution is 2.25. The van der Waals surface area contributed by atoms with Crippen LogP contribution < -0.4 is 0 Å². The molecule has 2 amide bonds. The van der Waals surface area contributed by atoms with Crippen LogP contribution in [0.5, 0.6) is 0 Å². The first-order chi connectivity index (χ1) is 34.4. The fourth-order valence-electron chi connectivity index (χ4n) is 7.97. The third-order valence-corrected chi connectivity index (χ3v) is 12.7. The number of aliphatic carboxylic acids is 1. The predicted molar refractivity (Wildman–Crippen MR) is 294 cm³/mol. The number of aromatic amines is 5. The molecule has 374 valence electrons. The molecule has 0 fully saturated rings. The number of carbonyl (C=O) groups excluding carboxylic acids is 3. The monoisotopic (exact) mass is 988 g/mol. The van der Waals surface area contributed by atoms with Gasteiger partial charge in [0.2, 0.25) is 17.1 Å². The molecule has 0 bridgehead atoms. The summed E-state index contributed by atoms with van der Waals surface area (Å²) in [6.45, 7) is 4.55. The van der Waals surface area contributed by atoms with Crippen molar-refractivity contribution in [3.05, 3.63) is 180 Å². The highest BCUT2D eigenvalue weighted by molar-refractivity contribution is 6.63. The molecule has 10 rings (SSSR count). The third kappa shape index (κ3) is 14.4. The van der Waals surface area contributed by atoms with Crippen LogP contribution >= 0.6 is 11.6 Å². The Balaban J connectivity index is 0.000000147. The molecule has 0 aliphatic rings. The number of nitrogens with one attached hydrogen (secondary N) is 5. The number of halogens is 1. The molecule has 0 radical (unpaired) electrons. The number of fused-ring (bicyclic) bond motifs is 5. The van der Waals surface area contributed by atoms with E-state index in [9.17, 15) is 19.2 Å². The highest BCUT2D eigenvalue weighted by Gasteiger charge is 2.22. The molecule has 14 heteroatoms. The van der Waals surface area contributed by atoms with Crippen molar-refractivity contribution in [2.45, 2.75) is 51.5 Å². The Hall–Kier alpha value is -7.87. The number of hydrogen-bond donors (Lipinski definition) is 6. The number of rotatable bonds is 11. The zero-order valence-corrected chi connectivity index (χ0v) is 43.0. The molecule has 0 aliphatic carbocycles. The van der Waals surface area contributed by atoms with Crippen LogP contribution in [0, 0.1) is 0 Å². The lowest BCUT2D eigenvalue weighted by Crippen LogP contribution is -2.40. The Labute approximate surface area is 425 Å². The Kier molecular flexibility index (Phi) is 18.4. The van der Waals surface area contributed by atoms with E-state index in [4.69, 9.17) is 16.7 Å². The maximum atomic E-state index is 11.6. The molecule has 5 heterocycles. The Bertz CT molecular complexity index is 3210. The van der Waals surface area contributed by atoms with Gasteiger partial charge in [-0.05, 0) is 104 Å². The highest BCUT2D eigenvalue weighted by atomic mass is 35.5. The minimum atomic E-state index is -0.801. The van der Waals surface area contributed by atoms with E-state index in [2.05, 4.69) is 88.2 Å². The lowest BCUT2D eigenvalue weighted by atomic mass is 9.93. The molecule has 6 N–H and O–H groups in total. The van der Waals surface area contributed by atoms with E-state index < -0.39 is 5.97 Å². The second kappa shape index (κ2) is 24.8. The van der Waals surface area contributed by atoms with Crippen LogP contribution in [0.15, 0.2) is 152 Å². The van der Waals surface area contributed by atoms with E-state index in [1.807, 2.05) is 116 Å². The van der Waals surface area contributed by atoms with Crippen LogP contribution in [-0.2, 0) is 51.3 Å². The number of carboxylic acids is 1. The zero-order valence-electron chi connectivity index (χ0n) is 42.3.